The Morgan fingerprint density at radius 2 is 1.96 bits per heavy atom. The number of nitrogens with one attached hydrogen (secondary N) is 2. The number of benzene rings is 2. The summed E-state index contributed by atoms with van der Waals surface area (Å²) < 4.78 is 16.9. The van der Waals surface area contributed by atoms with Crippen molar-refractivity contribution in [2.45, 2.75) is 32.3 Å². The Balaban J connectivity index is 1.43. The topological polar surface area (TPSA) is 68.8 Å². The van der Waals surface area contributed by atoms with Gasteiger partial charge in [0.1, 0.15) is 18.1 Å². The van der Waals surface area contributed by atoms with Gasteiger partial charge in [-0.15, -0.1) is 0 Å². The Morgan fingerprint density at radius 3 is 2.71 bits per heavy atom. The number of carbonyl (C=O) groups excluding carboxylic acids is 1. The summed E-state index contributed by atoms with van der Waals surface area (Å²) in [4.78, 5) is 12.2. The van der Waals surface area contributed by atoms with Crippen LogP contribution in [0, 0.1) is 0 Å². The van der Waals surface area contributed by atoms with Crippen molar-refractivity contribution in [1.29, 1.82) is 0 Å². The first-order valence-corrected chi connectivity index (χ1v) is 9.84. The highest BCUT2D eigenvalue weighted by molar-refractivity contribution is 5.93. The number of amides is 1. The highest BCUT2D eigenvalue weighted by atomic mass is 16.5. The van der Waals surface area contributed by atoms with E-state index in [0.717, 1.165) is 43.1 Å². The third-order valence-corrected chi connectivity index (χ3v) is 4.36. The van der Waals surface area contributed by atoms with Crippen LogP contribution in [-0.2, 0) is 9.53 Å². The molecule has 0 bridgehead atoms. The van der Waals surface area contributed by atoms with Gasteiger partial charge in [-0.3, -0.25) is 4.79 Å². The molecule has 2 aromatic rings. The number of anilines is 2. The first-order valence-electron chi connectivity index (χ1n) is 9.84. The van der Waals surface area contributed by atoms with Crippen LogP contribution in [0.3, 0.4) is 0 Å². The zero-order valence-corrected chi connectivity index (χ0v) is 16.3. The fourth-order valence-corrected chi connectivity index (χ4v) is 2.91. The van der Waals surface area contributed by atoms with Crippen LogP contribution in [0.1, 0.15) is 26.2 Å². The number of hydrogen-bond donors (Lipinski definition) is 2. The maximum Gasteiger partial charge on any atom is 0.243 e. The third-order valence-electron chi connectivity index (χ3n) is 4.36. The summed E-state index contributed by atoms with van der Waals surface area (Å²) in [6.07, 6.45) is 3.27. The highest BCUT2D eigenvalue weighted by Crippen LogP contribution is 2.20. The van der Waals surface area contributed by atoms with Crippen molar-refractivity contribution < 1.29 is 19.0 Å². The Labute approximate surface area is 166 Å². The van der Waals surface area contributed by atoms with Gasteiger partial charge in [-0.05, 0) is 55.7 Å². The normalized spacial score (nSPS) is 15.8. The zero-order chi connectivity index (χ0) is 19.6. The Bertz CT molecular complexity index is 742. The van der Waals surface area contributed by atoms with E-state index in [1.807, 2.05) is 48.5 Å². The van der Waals surface area contributed by atoms with E-state index < -0.39 is 0 Å². The van der Waals surface area contributed by atoms with Crippen molar-refractivity contribution in [2.24, 2.45) is 0 Å². The number of rotatable bonds is 10. The summed E-state index contributed by atoms with van der Waals surface area (Å²) in [7, 11) is 0. The van der Waals surface area contributed by atoms with Crippen LogP contribution in [0.25, 0.3) is 0 Å². The van der Waals surface area contributed by atoms with Gasteiger partial charge in [-0.2, -0.15) is 0 Å². The van der Waals surface area contributed by atoms with Crippen LogP contribution in [0.2, 0.25) is 0 Å². The summed E-state index contributed by atoms with van der Waals surface area (Å²) in [6, 6.07) is 15.0. The standard InChI is InChI=1S/C22H28N2O4/c1-2-12-26-19-10-8-17(9-11-19)23-15-22(25)24-18-5-3-6-20(14-18)28-16-21-7-4-13-27-21/h3,5-6,8-11,14,21,23H,2,4,7,12-13,15-16H2,1H3,(H,24,25). The van der Waals surface area contributed by atoms with E-state index >= 15 is 0 Å². The second-order valence-electron chi connectivity index (χ2n) is 6.75. The molecule has 28 heavy (non-hydrogen) atoms. The third kappa shape index (κ3) is 6.46. The summed E-state index contributed by atoms with van der Waals surface area (Å²) in [5.74, 6) is 1.43. The fraction of sp³-hybridized carbons (Fsp3) is 0.409. The van der Waals surface area contributed by atoms with Gasteiger partial charge in [0.15, 0.2) is 0 Å². The number of ether oxygens (including phenoxy) is 3. The van der Waals surface area contributed by atoms with Gasteiger partial charge in [0, 0.05) is 24.0 Å². The van der Waals surface area contributed by atoms with Gasteiger partial charge in [0.25, 0.3) is 0 Å². The molecule has 1 saturated heterocycles. The highest BCUT2D eigenvalue weighted by Gasteiger charge is 2.16. The van der Waals surface area contributed by atoms with Crippen molar-refractivity contribution in [2.75, 3.05) is 37.0 Å². The van der Waals surface area contributed by atoms with Crippen molar-refractivity contribution in [3.8, 4) is 11.5 Å². The largest absolute Gasteiger partial charge is 0.494 e. The van der Waals surface area contributed by atoms with Crippen molar-refractivity contribution in [3.63, 3.8) is 0 Å². The second-order valence-corrected chi connectivity index (χ2v) is 6.75. The molecule has 0 radical (unpaired) electrons. The van der Waals surface area contributed by atoms with E-state index in [1.54, 1.807) is 0 Å². The summed E-state index contributed by atoms with van der Waals surface area (Å²) in [5.41, 5.74) is 1.58. The minimum Gasteiger partial charge on any atom is -0.494 e. The lowest BCUT2D eigenvalue weighted by Crippen LogP contribution is -2.21. The molecule has 3 rings (SSSR count). The second kappa shape index (κ2) is 10.6. The minimum atomic E-state index is -0.123. The molecule has 1 heterocycles. The maximum absolute atomic E-state index is 12.2. The molecule has 0 saturated carbocycles. The van der Waals surface area contributed by atoms with Crippen LogP contribution in [0.15, 0.2) is 48.5 Å². The Kier molecular flexibility index (Phi) is 7.55. The SMILES string of the molecule is CCCOc1ccc(NCC(=O)Nc2cccc(OCC3CCCO3)c2)cc1. The molecule has 2 N–H and O–H groups in total. The molecule has 150 valence electrons. The van der Waals surface area contributed by atoms with E-state index in [4.69, 9.17) is 14.2 Å². The van der Waals surface area contributed by atoms with E-state index in [1.165, 1.54) is 0 Å². The van der Waals surface area contributed by atoms with Gasteiger partial charge in [0.2, 0.25) is 5.91 Å². The fourth-order valence-electron chi connectivity index (χ4n) is 2.91. The van der Waals surface area contributed by atoms with Gasteiger partial charge in [-0.1, -0.05) is 13.0 Å². The minimum absolute atomic E-state index is 0.123. The van der Waals surface area contributed by atoms with Gasteiger partial charge in [-0.25, -0.2) is 0 Å². The van der Waals surface area contributed by atoms with Crippen molar-refractivity contribution in [1.82, 2.24) is 0 Å². The van der Waals surface area contributed by atoms with Gasteiger partial charge >= 0.3 is 0 Å². The van der Waals surface area contributed by atoms with Gasteiger partial charge < -0.3 is 24.8 Å². The molecule has 0 spiro atoms. The Morgan fingerprint density at radius 1 is 1.11 bits per heavy atom. The maximum atomic E-state index is 12.2. The average Bonchev–Trinajstić information content (AvgIpc) is 3.24. The first kappa shape index (κ1) is 20.0. The lowest BCUT2D eigenvalue weighted by atomic mass is 10.2. The van der Waals surface area contributed by atoms with Crippen LogP contribution in [-0.4, -0.2) is 38.4 Å². The lowest BCUT2D eigenvalue weighted by molar-refractivity contribution is -0.114. The Hall–Kier alpha value is -2.73. The molecule has 0 aromatic heterocycles. The van der Waals surface area contributed by atoms with E-state index in [9.17, 15) is 4.79 Å². The van der Waals surface area contributed by atoms with E-state index in [0.29, 0.717) is 18.9 Å². The molecule has 1 amide bonds. The molecular weight excluding hydrogens is 356 g/mol. The van der Waals surface area contributed by atoms with Crippen LogP contribution < -0.4 is 20.1 Å². The molecule has 0 aliphatic carbocycles. The first-order chi connectivity index (χ1) is 13.7. The van der Waals surface area contributed by atoms with Crippen LogP contribution >= 0.6 is 0 Å². The smallest absolute Gasteiger partial charge is 0.243 e. The quantitative estimate of drug-likeness (QED) is 0.646. The molecule has 6 nitrogen and oxygen atoms in total. The van der Waals surface area contributed by atoms with Crippen molar-refractivity contribution in [3.05, 3.63) is 48.5 Å². The summed E-state index contributed by atoms with van der Waals surface area (Å²) in [6.45, 7) is 4.30. The number of carbonyl (C=O) groups is 1. The lowest BCUT2D eigenvalue weighted by Gasteiger charge is -2.13. The van der Waals surface area contributed by atoms with Gasteiger partial charge in [0.05, 0.1) is 19.3 Å². The average molecular weight is 384 g/mol. The van der Waals surface area contributed by atoms with Crippen molar-refractivity contribution >= 4 is 17.3 Å². The molecule has 6 heteroatoms. The van der Waals surface area contributed by atoms with Crippen LogP contribution in [0.4, 0.5) is 11.4 Å². The predicted molar refractivity (Wildman–Crippen MR) is 110 cm³/mol. The van der Waals surface area contributed by atoms with Crippen LogP contribution in [0.5, 0.6) is 11.5 Å². The molecular formula is C22H28N2O4. The molecule has 1 atom stereocenters. The van der Waals surface area contributed by atoms with E-state index in [-0.39, 0.29) is 18.6 Å². The predicted octanol–water partition coefficient (Wildman–Crippen LogP) is 4.08. The summed E-state index contributed by atoms with van der Waals surface area (Å²) in [5, 5.41) is 5.99. The zero-order valence-electron chi connectivity index (χ0n) is 16.3. The monoisotopic (exact) mass is 384 g/mol. The number of hydrogen-bond acceptors (Lipinski definition) is 5. The molecule has 1 aliphatic heterocycles. The summed E-state index contributed by atoms with van der Waals surface area (Å²) >= 11 is 0. The molecule has 1 fully saturated rings. The molecule has 1 unspecified atom stereocenters. The molecule has 2 aromatic carbocycles. The van der Waals surface area contributed by atoms with E-state index in [2.05, 4.69) is 17.6 Å². The molecule has 1 aliphatic rings.